The summed E-state index contributed by atoms with van der Waals surface area (Å²) < 4.78 is 23.0. The molecule has 2 atom stereocenters. The van der Waals surface area contributed by atoms with Crippen LogP contribution in [0.5, 0.6) is 0 Å². The molecule has 1 amide bonds. The Hall–Kier alpha value is -1.41. The number of hydrogen-bond donors (Lipinski definition) is 1. The average Bonchev–Trinajstić information content (AvgIpc) is 2.83. The van der Waals surface area contributed by atoms with Gasteiger partial charge in [0.05, 0.1) is 10.1 Å². The summed E-state index contributed by atoms with van der Waals surface area (Å²) in [5.74, 6) is -1.47. The van der Waals surface area contributed by atoms with Gasteiger partial charge in [-0.05, 0) is 26.0 Å². The van der Waals surface area contributed by atoms with Gasteiger partial charge >= 0.3 is 5.97 Å². The molecular weight excluding hydrogens is 302 g/mol. The molecule has 1 N–H and O–H groups in total. The van der Waals surface area contributed by atoms with Gasteiger partial charge in [-0.3, -0.25) is 4.79 Å². The van der Waals surface area contributed by atoms with Gasteiger partial charge in [0.25, 0.3) is 5.91 Å². The standard InChI is InChI=1S/C12H17NO5S2/c1-7(8(2)20(4,17)18)13(3)11(14)9-5-6-10(19-9)12(15)16/h5-8H,1-4H3,(H,15,16). The zero-order chi connectivity index (χ0) is 15.7. The molecule has 1 rings (SSSR count). The fourth-order valence-electron chi connectivity index (χ4n) is 1.60. The number of sulfone groups is 1. The minimum absolute atomic E-state index is 0.0746. The Kier molecular flexibility index (Phi) is 4.93. The lowest BCUT2D eigenvalue weighted by Gasteiger charge is -2.28. The minimum Gasteiger partial charge on any atom is -0.477 e. The first-order valence-corrected chi connectivity index (χ1v) is 8.62. The van der Waals surface area contributed by atoms with Crippen LogP contribution in [0.3, 0.4) is 0 Å². The SMILES string of the molecule is CC(C(C)S(C)(=O)=O)N(C)C(=O)c1ccc(C(=O)O)s1. The molecule has 1 heterocycles. The predicted octanol–water partition coefficient (Wildman–Crippen LogP) is 1.34. The minimum atomic E-state index is -3.26. The highest BCUT2D eigenvalue weighted by Gasteiger charge is 2.29. The zero-order valence-corrected chi connectivity index (χ0v) is 13.3. The first kappa shape index (κ1) is 16.6. The maximum Gasteiger partial charge on any atom is 0.345 e. The van der Waals surface area contributed by atoms with Crippen molar-refractivity contribution < 1.29 is 23.1 Å². The monoisotopic (exact) mass is 319 g/mol. The van der Waals surface area contributed by atoms with Crippen molar-refractivity contribution in [2.24, 2.45) is 0 Å². The summed E-state index contributed by atoms with van der Waals surface area (Å²) >= 11 is 0.874. The molecule has 0 aromatic carbocycles. The Bertz CT molecular complexity index is 620. The molecular formula is C12H17NO5S2. The summed E-state index contributed by atoms with van der Waals surface area (Å²) in [4.78, 5) is 24.7. The maximum absolute atomic E-state index is 12.2. The van der Waals surface area contributed by atoms with Gasteiger partial charge in [-0.25, -0.2) is 13.2 Å². The van der Waals surface area contributed by atoms with Gasteiger partial charge in [0.15, 0.2) is 9.84 Å². The van der Waals surface area contributed by atoms with Crippen molar-refractivity contribution in [3.05, 3.63) is 21.9 Å². The van der Waals surface area contributed by atoms with Crippen LogP contribution in [-0.4, -0.2) is 54.9 Å². The van der Waals surface area contributed by atoms with Crippen LogP contribution in [0.15, 0.2) is 12.1 Å². The molecule has 0 radical (unpaired) electrons. The number of aromatic carboxylic acids is 1. The Balaban J connectivity index is 2.93. The molecule has 2 unspecified atom stereocenters. The second kappa shape index (κ2) is 5.92. The Morgan fingerprint density at radius 2 is 1.75 bits per heavy atom. The highest BCUT2D eigenvalue weighted by molar-refractivity contribution is 7.91. The second-order valence-corrected chi connectivity index (χ2v) is 8.15. The largest absolute Gasteiger partial charge is 0.477 e. The number of carbonyl (C=O) groups is 2. The summed E-state index contributed by atoms with van der Waals surface area (Å²) in [5.41, 5.74) is 0. The van der Waals surface area contributed by atoms with E-state index in [0.717, 1.165) is 17.6 Å². The number of carboxylic acid groups (broad SMARTS) is 1. The third-order valence-corrected chi connectivity index (χ3v) is 6.12. The van der Waals surface area contributed by atoms with Gasteiger partial charge in [-0.2, -0.15) is 0 Å². The zero-order valence-electron chi connectivity index (χ0n) is 11.7. The van der Waals surface area contributed by atoms with E-state index in [1.54, 1.807) is 13.8 Å². The van der Waals surface area contributed by atoms with Gasteiger partial charge in [0, 0.05) is 19.3 Å². The van der Waals surface area contributed by atoms with Crippen molar-refractivity contribution in [2.45, 2.75) is 25.1 Å². The van der Waals surface area contributed by atoms with Crippen molar-refractivity contribution in [2.75, 3.05) is 13.3 Å². The van der Waals surface area contributed by atoms with Crippen LogP contribution in [0, 0.1) is 0 Å². The smallest absolute Gasteiger partial charge is 0.345 e. The number of rotatable bonds is 5. The normalized spacial score (nSPS) is 14.6. The van der Waals surface area contributed by atoms with E-state index >= 15 is 0 Å². The number of amides is 1. The van der Waals surface area contributed by atoms with Crippen LogP contribution in [0.1, 0.15) is 33.2 Å². The number of thiophene rings is 1. The molecule has 6 nitrogen and oxygen atoms in total. The van der Waals surface area contributed by atoms with Gasteiger partial charge in [-0.1, -0.05) is 0 Å². The Labute approximate surface area is 121 Å². The van der Waals surface area contributed by atoms with Crippen LogP contribution >= 0.6 is 11.3 Å². The number of hydrogen-bond acceptors (Lipinski definition) is 5. The van der Waals surface area contributed by atoms with E-state index in [9.17, 15) is 18.0 Å². The summed E-state index contributed by atoms with van der Waals surface area (Å²) in [6.07, 6.45) is 1.13. The van der Waals surface area contributed by atoms with Crippen molar-refractivity contribution in [1.29, 1.82) is 0 Å². The first-order valence-electron chi connectivity index (χ1n) is 5.85. The molecule has 0 fully saturated rings. The Morgan fingerprint density at radius 3 is 2.15 bits per heavy atom. The highest BCUT2D eigenvalue weighted by atomic mass is 32.2. The van der Waals surface area contributed by atoms with Crippen molar-refractivity contribution in [3.8, 4) is 0 Å². The molecule has 1 aromatic rings. The van der Waals surface area contributed by atoms with Crippen molar-refractivity contribution in [3.63, 3.8) is 0 Å². The lowest BCUT2D eigenvalue weighted by molar-refractivity contribution is 0.0701. The second-order valence-electron chi connectivity index (χ2n) is 4.66. The van der Waals surface area contributed by atoms with E-state index < -0.39 is 27.1 Å². The third-order valence-electron chi connectivity index (χ3n) is 3.31. The van der Waals surface area contributed by atoms with Gasteiger partial charge in [0.2, 0.25) is 0 Å². The average molecular weight is 319 g/mol. The topological polar surface area (TPSA) is 91.8 Å². The van der Waals surface area contributed by atoms with E-state index in [0.29, 0.717) is 0 Å². The van der Waals surface area contributed by atoms with Crippen LogP contribution in [-0.2, 0) is 9.84 Å². The molecule has 20 heavy (non-hydrogen) atoms. The first-order chi connectivity index (χ1) is 9.05. The van der Waals surface area contributed by atoms with Gasteiger partial charge < -0.3 is 10.0 Å². The van der Waals surface area contributed by atoms with Gasteiger partial charge in [0.1, 0.15) is 4.88 Å². The lowest BCUT2D eigenvalue weighted by Crippen LogP contribution is -2.44. The molecule has 0 saturated heterocycles. The quantitative estimate of drug-likeness (QED) is 0.884. The molecule has 0 aliphatic carbocycles. The van der Waals surface area contributed by atoms with E-state index in [-0.39, 0.29) is 15.7 Å². The van der Waals surface area contributed by atoms with Crippen LogP contribution in [0.4, 0.5) is 0 Å². The molecule has 112 valence electrons. The molecule has 8 heteroatoms. The fourth-order valence-corrected chi connectivity index (χ4v) is 3.32. The lowest BCUT2D eigenvalue weighted by atomic mass is 10.2. The van der Waals surface area contributed by atoms with E-state index in [1.807, 2.05) is 0 Å². The molecule has 0 bridgehead atoms. The molecule has 0 aliphatic rings. The summed E-state index contributed by atoms with van der Waals surface area (Å²) in [6, 6.07) is 2.29. The van der Waals surface area contributed by atoms with Gasteiger partial charge in [-0.15, -0.1) is 11.3 Å². The molecule has 0 aliphatic heterocycles. The van der Waals surface area contributed by atoms with Crippen LogP contribution < -0.4 is 0 Å². The fraction of sp³-hybridized carbons (Fsp3) is 0.500. The summed E-state index contributed by atoms with van der Waals surface area (Å²) in [7, 11) is -1.75. The summed E-state index contributed by atoms with van der Waals surface area (Å²) in [5, 5.41) is 8.13. The van der Waals surface area contributed by atoms with Crippen molar-refractivity contribution >= 4 is 33.1 Å². The van der Waals surface area contributed by atoms with Crippen LogP contribution in [0.2, 0.25) is 0 Å². The van der Waals surface area contributed by atoms with Crippen LogP contribution in [0.25, 0.3) is 0 Å². The highest BCUT2D eigenvalue weighted by Crippen LogP contribution is 2.20. The van der Waals surface area contributed by atoms with Crippen molar-refractivity contribution in [1.82, 2.24) is 4.90 Å². The summed E-state index contributed by atoms with van der Waals surface area (Å²) in [6.45, 7) is 3.19. The number of nitrogens with zero attached hydrogens (tertiary/aromatic N) is 1. The van der Waals surface area contributed by atoms with E-state index in [2.05, 4.69) is 0 Å². The van der Waals surface area contributed by atoms with E-state index in [4.69, 9.17) is 5.11 Å². The van der Waals surface area contributed by atoms with E-state index in [1.165, 1.54) is 24.1 Å². The Morgan fingerprint density at radius 1 is 1.25 bits per heavy atom. The molecule has 1 aromatic heterocycles. The predicted molar refractivity (Wildman–Crippen MR) is 77.1 cm³/mol. The number of carboxylic acids is 1. The third kappa shape index (κ3) is 3.57. The maximum atomic E-state index is 12.2. The number of carbonyl (C=O) groups excluding carboxylic acids is 1. The molecule has 0 spiro atoms. The molecule has 0 saturated carbocycles.